The zero-order valence-corrected chi connectivity index (χ0v) is 14.9. The fourth-order valence-electron chi connectivity index (χ4n) is 4.69. The highest BCUT2D eigenvalue weighted by Gasteiger charge is 2.43. The molecule has 5 rings (SSSR count). The lowest BCUT2D eigenvalue weighted by atomic mass is 9.78. The number of benzene rings is 1. The van der Waals surface area contributed by atoms with E-state index in [1.807, 2.05) is 24.3 Å². The number of rotatable bonds is 4. The Hall–Kier alpha value is -1.10. The Morgan fingerprint density at radius 1 is 1.12 bits per heavy atom. The molecule has 1 unspecified atom stereocenters. The van der Waals surface area contributed by atoms with Gasteiger partial charge in [-0.2, -0.15) is 0 Å². The van der Waals surface area contributed by atoms with Crippen molar-refractivity contribution in [2.24, 2.45) is 0 Å². The maximum absolute atomic E-state index is 13.1. The maximum atomic E-state index is 13.1. The fourth-order valence-corrected chi connectivity index (χ4v) is 4.82. The van der Waals surface area contributed by atoms with Crippen molar-refractivity contribution in [3.63, 3.8) is 0 Å². The van der Waals surface area contributed by atoms with Gasteiger partial charge in [-0.3, -0.25) is 14.6 Å². The molecule has 4 aliphatic rings. The van der Waals surface area contributed by atoms with Gasteiger partial charge in [0.25, 0.3) is 0 Å². The molecular formula is C19H26ClN3O. The molecule has 1 atom stereocenters. The van der Waals surface area contributed by atoms with Gasteiger partial charge in [0.15, 0.2) is 0 Å². The van der Waals surface area contributed by atoms with Crippen LogP contribution in [0.3, 0.4) is 0 Å². The van der Waals surface area contributed by atoms with E-state index in [0.29, 0.717) is 6.04 Å². The minimum Gasteiger partial charge on any atom is -0.354 e. The number of halogens is 1. The minimum atomic E-state index is -0.353. The van der Waals surface area contributed by atoms with Crippen molar-refractivity contribution < 1.29 is 4.79 Å². The molecule has 1 amide bonds. The lowest BCUT2D eigenvalue weighted by molar-refractivity contribution is -0.127. The Kier molecular flexibility index (Phi) is 4.54. The van der Waals surface area contributed by atoms with Gasteiger partial charge in [-0.15, -0.1) is 0 Å². The molecule has 1 N–H and O–H groups in total. The van der Waals surface area contributed by atoms with Crippen molar-refractivity contribution in [1.29, 1.82) is 0 Å². The van der Waals surface area contributed by atoms with Crippen LogP contribution in [0.4, 0.5) is 0 Å². The maximum Gasteiger partial charge on any atom is 0.230 e. The van der Waals surface area contributed by atoms with Gasteiger partial charge in [0.2, 0.25) is 5.91 Å². The largest absolute Gasteiger partial charge is 0.354 e. The predicted octanol–water partition coefficient (Wildman–Crippen LogP) is 2.27. The second-order valence-corrected chi connectivity index (χ2v) is 7.93. The first-order valence-electron chi connectivity index (χ1n) is 9.18. The Bertz CT molecular complexity index is 589. The molecule has 3 heterocycles. The molecule has 4 fully saturated rings. The Labute approximate surface area is 149 Å². The number of carbonyl (C=O) groups excluding carboxylic acids is 1. The Morgan fingerprint density at radius 3 is 2.38 bits per heavy atom. The summed E-state index contributed by atoms with van der Waals surface area (Å²) in [7, 11) is 0. The van der Waals surface area contributed by atoms with Crippen LogP contribution in [0.5, 0.6) is 0 Å². The van der Waals surface area contributed by atoms with Gasteiger partial charge in [-0.1, -0.05) is 36.6 Å². The summed E-state index contributed by atoms with van der Waals surface area (Å²) in [5.41, 5.74) is 0.768. The smallest absolute Gasteiger partial charge is 0.230 e. The zero-order chi connectivity index (χ0) is 16.6. The predicted molar refractivity (Wildman–Crippen MR) is 96.4 cm³/mol. The highest BCUT2D eigenvalue weighted by Crippen LogP contribution is 2.41. The third kappa shape index (κ3) is 2.96. The van der Waals surface area contributed by atoms with Gasteiger partial charge in [0.05, 0.1) is 5.41 Å². The monoisotopic (exact) mass is 347 g/mol. The molecule has 130 valence electrons. The van der Waals surface area contributed by atoms with Gasteiger partial charge in [-0.25, -0.2) is 0 Å². The van der Waals surface area contributed by atoms with Gasteiger partial charge in [0.1, 0.15) is 0 Å². The van der Waals surface area contributed by atoms with Crippen LogP contribution in [-0.2, 0) is 10.2 Å². The number of nitrogens with zero attached hydrogens (tertiary/aromatic N) is 2. The van der Waals surface area contributed by atoms with E-state index in [0.717, 1.165) is 62.4 Å². The van der Waals surface area contributed by atoms with E-state index in [1.54, 1.807) is 0 Å². The standard InChI is InChI=1S/C19H26ClN3O/c20-16-5-3-15(4-6-16)19(7-1-2-8-19)18(24)21-13-17-14-22-9-11-23(17)12-10-22/h3-6,17H,1-2,7-14H2,(H,21,24). The van der Waals surface area contributed by atoms with Gasteiger partial charge >= 0.3 is 0 Å². The average molecular weight is 348 g/mol. The SMILES string of the molecule is O=C(NCC1CN2CCN1CC2)C1(c2ccc(Cl)cc2)CCCC1. The topological polar surface area (TPSA) is 35.6 Å². The molecule has 5 heteroatoms. The zero-order valence-electron chi connectivity index (χ0n) is 14.1. The second-order valence-electron chi connectivity index (χ2n) is 7.50. The van der Waals surface area contributed by atoms with E-state index in [4.69, 9.17) is 11.6 Å². The normalized spacial score (nSPS) is 31.1. The lowest BCUT2D eigenvalue weighted by Gasteiger charge is -2.47. The van der Waals surface area contributed by atoms with Crippen molar-refractivity contribution >= 4 is 17.5 Å². The highest BCUT2D eigenvalue weighted by molar-refractivity contribution is 6.30. The van der Waals surface area contributed by atoms with E-state index in [2.05, 4.69) is 15.1 Å². The summed E-state index contributed by atoms with van der Waals surface area (Å²) in [5.74, 6) is 0.208. The van der Waals surface area contributed by atoms with Crippen molar-refractivity contribution in [3.05, 3.63) is 34.9 Å². The summed E-state index contributed by atoms with van der Waals surface area (Å²) in [6.07, 6.45) is 4.14. The van der Waals surface area contributed by atoms with Gasteiger partial charge in [0, 0.05) is 50.3 Å². The number of amides is 1. The molecule has 1 aromatic rings. The molecule has 1 saturated carbocycles. The molecule has 0 radical (unpaired) electrons. The molecular weight excluding hydrogens is 322 g/mol. The van der Waals surface area contributed by atoms with Gasteiger partial charge in [-0.05, 0) is 30.5 Å². The molecule has 0 spiro atoms. The molecule has 3 aliphatic heterocycles. The first kappa shape index (κ1) is 16.4. The van der Waals surface area contributed by atoms with Crippen molar-refractivity contribution in [2.75, 3.05) is 39.3 Å². The fraction of sp³-hybridized carbons (Fsp3) is 0.632. The number of hydrogen-bond donors (Lipinski definition) is 1. The molecule has 24 heavy (non-hydrogen) atoms. The summed E-state index contributed by atoms with van der Waals surface area (Å²) < 4.78 is 0. The van der Waals surface area contributed by atoms with E-state index < -0.39 is 0 Å². The third-order valence-corrected chi connectivity index (χ3v) is 6.43. The average Bonchev–Trinajstić information content (AvgIpc) is 3.12. The quantitative estimate of drug-likeness (QED) is 0.907. The molecule has 4 nitrogen and oxygen atoms in total. The van der Waals surface area contributed by atoms with Crippen molar-refractivity contribution in [2.45, 2.75) is 37.1 Å². The number of nitrogens with one attached hydrogen (secondary N) is 1. The third-order valence-electron chi connectivity index (χ3n) is 6.18. The summed E-state index contributed by atoms with van der Waals surface area (Å²) in [6.45, 7) is 6.50. The van der Waals surface area contributed by atoms with E-state index in [1.165, 1.54) is 13.1 Å². The van der Waals surface area contributed by atoms with Crippen LogP contribution >= 0.6 is 11.6 Å². The van der Waals surface area contributed by atoms with Crippen LogP contribution in [0.2, 0.25) is 5.02 Å². The van der Waals surface area contributed by atoms with Crippen LogP contribution < -0.4 is 5.32 Å². The Morgan fingerprint density at radius 2 is 1.79 bits per heavy atom. The summed E-state index contributed by atoms with van der Waals surface area (Å²) in [5, 5.41) is 4.02. The first-order valence-corrected chi connectivity index (χ1v) is 9.56. The van der Waals surface area contributed by atoms with E-state index in [9.17, 15) is 4.79 Å². The summed E-state index contributed by atoms with van der Waals surface area (Å²) in [4.78, 5) is 18.2. The van der Waals surface area contributed by atoms with Gasteiger partial charge < -0.3 is 5.32 Å². The van der Waals surface area contributed by atoms with Crippen molar-refractivity contribution in [3.8, 4) is 0 Å². The van der Waals surface area contributed by atoms with Crippen LogP contribution in [0, 0.1) is 0 Å². The lowest BCUT2D eigenvalue weighted by Crippen LogP contribution is -2.64. The molecule has 3 saturated heterocycles. The Balaban J connectivity index is 1.45. The first-order chi connectivity index (χ1) is 11.7. The van der Waals surface area contributed by atoms with Crippen LogP contribution in [0.25, 0.3) is 0 Å². The number of carbonyl (C=O) groups is 1. The molecule has 0 aromatic heterocycles. The number of fused-ring (bicyclic) bond motifs is 3. The van der Waals surface area contributed by atoms with Crippen LogP contribution in [0.1, 0.15) is 31.2 Å². The summed E-state index contributed by atoms with van der Waals surface area (Å²) in [6, 6.07) is 8.35. The van der Waals surface area contributed by atoms with Crippen LogP contribution in [0.15, 0.2) is 24.3 Å². The minimum absolute atomic E-state index is 0.208. The second kappa shape index (κ2) is 6.66. The highest BCUT2D eigenvalue weighted by atomic mass is 35.5. The summed E-state index contributed by atoms with van der Waals surface area (Å²) >= 11 is 6.03. The van der Waals surface area contributed by atoms with Crippen molar-refractivity contribution in [1.82, 2.24) is 15.1 Å². The molecule has 1 aromatic carbocycles. The molecule has 1 aliphatic carbocycles. The number of hydrogen-bond acceptors (Lipinski definition) is 3. The van der Waals surface area contributed by atoms with Crippen LogP contribution in [-0.4, -0.2) is 61.0 Å². The van der Waals surface area contributed by atoms with E-state index in [-0.39, 0.29) is 11.3 Å². The molecule has 2 bridgehead atoms. The van der Waals surface area contributed by atoms with E-state index >= 15 is 0 Å². The number of piperazine rings is 3.